The summed E-state index contributed by atoms with van der Waals surface area (Å²) in [5, 5.41) is 0. The van der Waals surface area contributed by atoms with E-state index in [4.69, 9.17) is 11.6 Å². The molecule has 0 N–H and O–H groups in total. The number of alkyl halides is 1. The first kappa shape index (κ1) is 14.2. The lowest BCUT2D eigenvalue weighted by Gasteiger charge is -2.24. The van der Waals surface area contributed by atoms with E-state index in [0.717, 1.165) is 6.42 Å². The molecule has 0 amide bonds. The van der Waals surface area contributed by atoms with Crippen LogP contribution in [0.5, 0.6) is 0 Å². The molecule has 2 atom stereocenters. The van der Waals surface area contributed by atoms with Crippen LogP contribution in [0.2, 0.25) is 0 Å². The Balaban J connectivity index is 2.47. The van der Waals surface area contributed by atoms with E-state index in [1.165, 1.54) is 8.61 Å². The van der Waals surface area contributed by atoms with Crippen LogP contribution in [-0.4, -0.2) is 50.1 Å². The highest BCUT2D eigenvalue weighted by Crippen LogP contribution is 2.38. The Morgan fingerprint density at radius 3 is 2.31 bits per heavy atom. The summed E-state index contributed by atoms with van der Waals surface area (Å²) >= 11 is 5.55. The molecule has 0 aliphatic heterocycles. The second-order valence-electron chi connectivity index (χ2n) is 4.63. The summed E-state index contributed by atoms with van der Waals surface area (Å²) in [7, 11) is -0.0255. The summed E-state index contributed by atoms with van der Waals surface area (Å²) in [4.78, 5) is 0. The molecule has 0 bridgehead atoms. The van der Waals surface area contributed by atoms with Crippen LogP contribution in [0, 0.1) is 11.8 Å². The largest absolute Gasteiger partial charge is 0.281 e. The predicted octanol–water partition coefficient (Wildman–Crippen LogP) is 1.38. The van der Waals surface area contributed by atoms with Gasteiger partial charge in [0.2, 0.25) is 0 Å². The first-order valence-corrected chi connectivity index (χ1v) is 7.56. The van der Waals surface area contributed by atoms with Crippen LogP contribution >= 0.6 is 11.6 Å². The Labute approximate surface area is 104 Å². The second-order valence-corrected chi connectivity index (χ2v) is 7.15. The van der Waals surface area contributed by atoms with Crippen molar-refractivity contribution in [3.8, 4) is 0 Å². The fraction of sp³-hybridized carbons (Fsp3) is 1.00. The Hall–Kier alpha value is 0.160. The minimum absolute atomic E-state index is 0.483. The normalized spacial score (nSPS) is 25.4. The van der Waals surface area contributed by atoms with Crippen LogP contribution in [0.1, 0.15) is 19.8 Å². The van der Waals surface area contributed by atoms with Gasteiger partial charge >= 0.3 is 0 Å². The van der Waals surface area contributed by atoms with Crippen molar-refractivity contribution in [3.63, 3.8) is 0 Å². The van der Waals surface area contributed by atoms with Gasteiger partial charge in [-0.3, -0.25) is 0 Å². The third-order valence-corrected chi connectivity index (χ3v) is 5.34. The van der Waals surface area contributed by atoms with E-state index >= 15 is 0 Å². The van der Waals surface area contributed by atoms with E-state index in [0.29, 0.717) is 37.2 Å². The van der Waals surface area contributed by atoms with Gasteiger partial charge in [0.1, 0.15) is 0 Å². The fourth-order valence-corrected chi connectivity index (χ4v) is 3.05. The Morgan fingerprint density at radius 2 is 1.88 bits per heavy atom. The molecule has 16 heavy (non-hydrogen) atoms. The molecule has 4 nitrogen and oxygen atoms in total. The van der Waals surface area contributed by atoms with Crippen molar-refractivity contribution in [1.82, 2.24) is 8.61 Å². The first-order valence-electron chi connectivity index (χ1n) is 5.63. The highest BCUT2D eigenvalue weighted by molar-refractivity contribution is 7.86. The monoisotopic (exact) mass is 268 g/mol. The molecule has 1 aliphatic rings. The number of hydrogen-bond acceptors (Lipinski definition) is 2. The summed E-state index contributed by atoms with van der Waals surface area (Å²) in [5.74, 6) is 1.70. The maximum absolute atomic E-state index is 12.0. The van der Waals surface area contributed by atoms with E-state index in [1.807, 2.05) is 0 Å². The molecule has 1 saturated carbocycles. The quantitative estimate of drug-likeness (QED) is 0.655. The molecule has 0 aromatic carbocycles. The Morgan fingerprint density at radius 1 is 1.31 bits per heavy atom. The SMILES string of the molecule is CC1CC1CN(C)S(=O)(=O)N(C)CCCCl. The minimum Gasteiger partial charge on any atom is -0.195 e. The molecule has 1 aliphatic carbocycles. The molecule has 2 unspecified atom stereocenters. The van der Waals surface area contributed by atoms with Crippen LogP contribution in [0.4, 0.5) is 0 Å². The highest BCUT2D eigenvalue weighted by Gasteiger charge is 2.36. The number of hydrogen-bond donors (Lipinski definition) is 0. The molecule has 0 heterocycles. The maximum Gasteiger partial charge on any atom is 0.281 e. The Bertz CT molecular complexity index is 321. The zero-order valence-electron chi connectivity index (χ0n) is 10.2. The highest BCUT2D eigenvalue weighted by atomic mass is 35.5. The number of rotatable bonds is 7. The molecule has 0 saturated heterocycles. The van der Waals surface area contributed by atoms with Gasteiger partial charge in [0.05, 0.1) is 0 Å². The third kappa shape index (κ3) is 3.58. The molecular formula is C10H21ClN2O2S. The molecule has 0 aromatic heterocycles. The summed E-state index contributed by atoms with van der Waals surface area (Å²) in [5.41, 5.74) is 0. The molecule has 1 fully saturated rings. The van der Waals surface area contributed by atoms with E-state index in [-0.39, 0.29) is 0 Å². The van der Waals surface area contributed by atoms with Gasteiger partial charge in [-0.25, -0.2) is 0 Å². The van der Waals surface area contributed by atoms with Crippen LogP contribution in [0.3, 0.4) is 0 Å². The lowest BCUT2D eigenvalue weighted by atomic mass is 10.3. The second kappa shape index (κ2) is 5.67. The molecule has 0 spiro atoms. The topological polar surface area (TPSA) is 40.6 Å². The summed E-state index contributed by atoms with van der Waals surface area (Å²) < 4.78 is 26.9. The van der Waals surface area contributed by atoms with Gasteiger partial charge in [-0.2, -0.15) is 17.0 Å². The minimum atomic E-state index is -3.28. The average molecular weight is 269 g/mol. The summed E-state index contributed by atoms with van der Waals surface area (Å²) in [6.07, 6.45) is 1.83. The van der Waals surface area contributed by atoms with Crippen molar-refractivity contribution in [2.75, 3.05) is 33.1 Å². The smallest absolute Gasteiger partial charge is 0.195 e. The van der Waals surface area contributed by atoms with E-state index in [9.17, 15) is 8.42 Å². The average Bonchev–Trinajstić information content (AvgIpc) is 2.90. The molecule has 6 heteroatoms. The molecule has 1 rings (SSSR count). The van der Waals surface area contributed by atoms with Crippen molar-refractivity contribution in [3.05, 3.63) is 0 Å². The van der Waals surface area contributed by atoms with Gasteiger partial charge in [0, 0.05) is 33.1 Å². The van der Waals surface area contributed by atoms with Crippen molar-refractivity contribution in [1.29, 1.82) is 0 Å². The Kier molecular flexibility index (Phi) is 5.04. The lowest BCUT2D eigenvalue weighted by molar-refractivity contribution is 0.380. The van der Waals surface area contributed by atoms with Crippen LogP contribution in [-0.2, 0) is 10.2 Å². The van der Waals surface area contributed by atoms with E-state index in [2.05, 4.69) is 6.92 Å². The van der Waals surface area contributed by atoms with Crippen molar-refractivity contribution < 1.29 is 8.42 Å². The number of nitrogens with zero attached hydrogens (tertiary/aromatic N) is 2. The molecule has 0 aromatic rings. The molecular weight excluding hydrogens is 248 g/mol. The van der Waals surface area contributed by atoms with Crippen LogP contribution < -0.4 is 0 Å². The molecule has 0 radical (unpaired) electrons. The van der Waals surface area contributed by atoms with Gasteiger partial charge in [-0.05, 0) is 24.7 Å². The van der Waals surface area contributed by atoms with Crippen molar-refractivity contribution in [2.24, 2.45) is 11.8 Å². The summed E-state index contributed by atoms with van der Waals surface area (Å²) in [6, 6.07) is 0. The van der Waals surface area contributed by atoms with Gasteiger partial charge in [-0.1, -0.05) is 6.92 Å². The number of halogens is 1. The van der Waals surface area contributed by atoms with Gasteiger partial charge in [0.15, 0.2) is 0 Å². The van der Waals surface area contributed by atoms with Crippen LogP contribution in [0.25, 0.3) is 0 Å². The zero-order chi connectivity index (χ0) is 12.3. The van der Waals surface area contributed by atoms with Crippen LogP contribution in [0.15, 0.2) is 0 Å². The van der Waals surface area contributed by atoms with Gasteiger partial charge < -0.3 is 0 Å². The third-order valence-electron chi connectivity index (χ3n) is 3.16. The first-order chi connectivity index (χ1) is 7.39. The summed E-state index contributed by atoms with van der Waals surface area (Å²) in [6.45, 7) is 3.27. The van der Waals surface area contributed by atoms with Crippen molar-refractivity contribution in [2.45, 2.75) is 19.8 Å². The predicted molar refractivity (Wildman–Crippen MR) is 66.8 cm³/mol. The standard InChI is InChI=1S/C10H21ClN2O2S/c1-9-7-10(9)8-13(3)16(14,15)12(2)6-4-5-11/h9-10H,4-8H2,1-3H3. The van der Waals surface area contributed by atoms with Gasteiger partial charge in [0.25, 0.3) is 10.2 Å². The maximum atomic E-state index is 12.0. The van der Waals surface area contributed by atoms with Gasteiger partial charge in [-0.15, -0.1) is 11.6 Å². The zero-order valence-corrected chi connectivity index (χ0v) is 11.8. The lowest BCUT2D eigenvalue weighted by Crippen LogP contribution is -2.41. The van der Waals surface area contributed by atoms with E-state index in [1.54, 1.807) is 14.1 Å². The molecule has 96 valence electrons. The van der Waals surface area contributed by atoms with Crippen molar-refractivity contribution >= 4 is 21.8 Å². The fourth-order valence-electron chi connectivity index (χ4n) is 1.71. The van der Waals surface area contributed by atoms with E-state index < -0.39 is 10.2 Å².